The van der Waals surface area contributed by atoms with Crippen molar-refractivity contribution in [3.05, 3.63) is 76.0 Å². The molecule has 1 amide bonds. The zero-order valence-electron chi connectivity index (χ0n) is 15.7. The molecule has 0 saturated carbocycles. The Balaban J connectivity index is 1.67. The van der Waals surface area contributed by atoms with E-state index in [1.165, 1.54) is 0 Å². The van der Waals surface area contributed by atoms with E-state index in [1.807, 2.05) is 55.5 Å². The molecule has 4 nitrogen and oxygen atoms in total. The Bertz CT molecular complexity index is 949. The van der Waals surface area contributed by atoms with Crippen molar-refractivity contribution in [2.75, 3.05) is 6.61 Å². The summed E-state index contributed by atoms with van der Waals surface area (Å²) in [6.45, 7) is 2.54. The predicted octanol–water partition coefficient (Wildman–Crippen LogP) is 4.74. The maximum atomic E-state index is 13.1. The van der Waals surface area contributed by atoms with Gasteiger partial charge in [-0.05, 0) is 48.6 Å². The minimum atomic E-state index is -0.209. The van der Waals surface area contributed by atoms with Crippen molar-refractivity contribution in [1.82, 2.24) is 5.32 Å². The number of rotatable bonds is 4. The number of carbonyl (C=O) groups is 2. The first-order valence-corrected chi connectivity index (χ1v) is 9.98. The lowest BCUT2D eigenvalue weighted by atomic mass is 9.73. The van der Waals surface area contributed by atoms with Crippen molar-refractivity contribution in [1.29, 1.82) is 0 Å². The van der Waals surface area contributed by atoms with E-state index in [0.29, 0.717) is 24.5 Å². The number of carbonyl (C=O) groups excluding carboxylic acids is 2. The summed E-state index contributed by atoms with van der Waals surface area (Å²) in [4.78, 5) is 25.5. The highest BCUT2D eigenvalue weighted by molar-refractivity contribution is 6.31. The molecule has 0 fully saturated rings. The summed E-state index contributed by atoms with van der Waals surface area (Å²) in [6, 6.07) is 15.3. The largest absolute Gasteiger partial charge is 0.494 e. The smallest absolute Gasteiger partial charge is 0.225 e. The molecule has 0 saturated heterocycles. The van der Waals surface area contributed by atoms with E-state index in [1.54, 1.807) is 0 Å². The number of hydrogen-bond acceptors (Lipinski definition) is 3. The van der Waals surface area contributed by atoms with Gasteiger partial charge in [0.25, 0.3) is 0 Å². The lowest BCUT2D eigenvalue weighted by Gasteiger charge is -2.34. The summed E-state index contributed by atoms with van der Waals surface area (Å²) < 4.78 is 5.50. The van der Waals surface area contributed by atoms with Crippen LogP contribution in [0.5, 0.6) is 5.75 Å². The standard InChI is InChI=1S/C23H22ClNO3/c1-2-28-16-9-7-14(8-10-16)18-13-22(27)25-20-11-15(12-21(26)23(18)20)17-5-3-4-6-19(17)24/h3-10,15,18H,2,11-13H2,1H3,(H,25,27). The van der Waals surface area contributed by atoms with E-state index in [9.17, 15) is 9.59 Å². The van der Waals surface area contributed by atoms with E-state index < -0.39 is 0 Å². The van der Waals surface area contributed by atoms with Crippen LogP contribution in [0, 0.1) is 0 Å². The van der Waals surface area contributed by atoms with Crippen molar-refractivity contribution in [2.45, 2.75) is 38.0 Å². The maximum absolute atomic E-state index is 13.1. The van der Waals surface area contributed by atoms with Gasteiger partial charge in [0.15, 0.2) is 5.78 Å². The van der Waals surface area contributed by atoms with E-state index in [4.69, 9.17) is 16.3 Å². The molecule has 2 aromatic carbocycles. The molecule has 2 aromatic rings. The van der Waals surface area contributed by atoms with Crippen LogP contribution in [0.2, 0.25) is 5.02 Å². The summed E-state index contributed by atoms with van der Waals surface area (Å²) >= 11 is 6.35. The van der Waals surface area contributed by atoms with Gasteiger partial charge in [-0.1, -0.05) is 41.9 Å². The molecule has 2 aliphatic rings. The van der Waals surface area contributed by atoms with Crippen molar-refractivity contribution in [3.63, 3.8) is 0 Å². The predicted molar refractivity (Wildman–Crippen MR) is 109 cm³/mol. The molecule has 28 heavy (non-hydrogen) atoms. The Morgan fingerprint density at radius 1 is 1.04 bits per heavy atom. The van der Waals surface area contributed by atoms with Gasteiger partial charge in [0.05, 0.1) is 6.61 Å². The first kappa shape index (κ1) is 18.8. The maximum Gasteiger partial charge on any atom is 0.225 e. The van der Waals surface area contributed by atoms with E-state index in [2.05, 4.69) is 5.32 Å². The van der Waals surface area contributed by atoms with Crippen LogP contribution in [0.4, 0.5) is 0 Å². The number of halogens is 1. The zero-order chi connectivity index (χ0) is 19.7. The fraction of sp³-hybridized carbons (Fsp3) is 0.304. The third kappa shape index (κ3) is 3.57. The Kier molecular flexibility index (Phi) is 5.23. The molecule has 1 aliphatic carbocycles. The topological polar surface area (TPSA) is 55.4 Å². The summed E-state index contributed by atoms with van der Waals surface area (Å²) in [5.41, 5.74) is 3.42. The third-order valence-electron chi connectivity index (χ3n) is 5.47. The molecule has 0 radical (unpaired) electrons. The zero-order valence-corrected chi connectivity index (χ0v) is 16.5. The van der Waals surface area contributed by atoms with Crippen molar-refractivity contribution >= 4 is 23.3 Å². The van der Waals surface area contributed by atoms with Crippen LogP contribution in [-0.2, 0) is 9.59 Å². The molecule has 1 N–H and O–H groups in total. The number of hydrogen-bond donors (Lipinski definition) is 1. The molecule has 1 heterocycles. The Hall–Kier alpha value is -2.59. The summed E-state index contributed by atoms with van der Waals surface area (Å²) in [6.07, 6.45) is 1.31. The minimum Gasteiger partial charge on any atom is -0.494 e. The molecule has 2 unspecified atom stereocenters. The molecule has 144 valence electrons. The summed E-state index contributed by atoms with van der Waals surface area (Å²) in [5, 5.41) is 3.61. The molecule has 0 aromatic heterocycles. The summed E-state index contributed by atoms with van der Waals surface area (Å²) in [7, 11) is 0. The quantitative estimate of drug-likeness (QED) is 0.813. The van der Waals surface area contributed by atoms with E-state index in [-0.39, 0.29) is 29.9 Å². The second kappa shape index (κ2) is 7.80. The van der Waals surface area contributed by atoms with Crippen LogP contribution in [0.15, 0.2) is 59.8 Å². The van der Waals surface area contributed by atoms with Crippen LogP contribution in [-0.4, -0.2) is 18.3 Å². The fourth-order valence-electron chi connectivity index (χ4n) is 4.23. The van der Waals surface area contributed by atoms with Crippen LogP contribution < -0.4 is 10.1 Å². The lowest BCUT2D eigenvalue weighted by molar-refractivity contribution is -0.122. The third-order valence-corrected chi connectivity index (χ3v) is 5.82. The molecule has 0 spiro atoms. The van der Waals surface area contributed by atoms with Crippen LogP contribution in [0.3, 0.4) is 0 Å². The molecule has 2 atom stereocenters. The number of ketones is 1. The number of ether oxygens (including phenoxy) is 1. The molecule has 5 heteroatoms. The highest BCUT2D eigenvalue weighted by Crippen LogP contribution is 2.43. The van der Waals surface area contributed by atoms with Gasteiger partial charge >= 0.3 is 0 Å². The molecular formula is C23H22ClNO3. The van der Waals surface area contributed by atoms with Gasteiger partial charge < -0.3 is 10.1 Å². The first-order valence-electron chi connectivity index (χ1n) is 9.60. The Labute approximate surface area is 169 Å². The van der Waals surface area contributed by atoms with Gasteiger partial charge in [-0.3, -0.25) is 9.59 Å². The molecule has 4 rings (SSSR count). The van der Waals surface area contributed by atoms with Crippen LogP contribution >= 0.6 is 11.6 Å². The van der Waals surface area contributed by atoms with Crippen molar-refractivity contribution < 1.29 is 14.3 Å². The van der Waals surface area contributed by atoms with E-state index >= 15 is 0 Å². The second-order valence-corrected chi connectivity index (χ2v) is 7.66. The average molecular weight is 396 g/mol. The van der Waals surface area contributed by atoms with Crippen LogP contribution in [0.1, 0.15) is 49.1 Å². The highest BCUT2D eigenvalue weighted by atomic mass is 35.5. The number of amides is 1. The SMILES string of the molecule is CCOc1ccc(C2CC(=O)NC3=C2C(=O)CC(c2ccccc2Cl)C3)cc1. The average Bonchev–Trinajstić information content (AvgIpc) is 2.68. The molecular weight excluding hydrogens is 374 g/mol. The van der Waals surface area contributed by atoms with Gasteiger partial charge in [0, 0.05) is 35.1 Å². The van der Waals surface area contributed by atoms with E-state index in [0.717, 1.165) is 28.1 Å². The number of allylic oxidation sites excluding steroid dienone is 2. The molecule has 1 aliphatic heterocycles. The van der Waals surface area contributed by atoms with Crippen molar-refractivity contribution in [2.24, 2.45) is 0 Å². The van der Waals surface area contributed by atoms with Crippen molar-refractivity contribution in [3.8, 4) is 5.75 Å². The normalized spacial score (nSPS) is 21.9. The fourth-order valence-corrected chi connectivity index (χ4v) is 4.52. The first-order chi connectivity index (χ1) is 13.6. The van der Waals surface area contributed by atoms with Gasteiger partial charge in [0.1, 0.15) is 5.75 Å². The highest BCUT2D eigenvalue weighted by Gasteiger charge is 2.38. The minimum absolute atomic E-state index is 0.0145. The number of Topliss-reactive ketones (excluding diaryl/α,β-unsaturated/α-hetero) is 1. The monoisotopic (exact) mass is 395 g/mol. The van der Waals surface area contributed by atoms with Gasteiger partial charge in [0.2, 0.25) is 5.91 Å². The van der Waals surface area contributed by atoms with Crippen LogP contribution in [0.25, 0.3) is 0 Å². The Morgan fingerprint density at radius 2 is 1.79 bits per heavy atom. The lowest BCUT2D eigenvalue weighted by Crippen LogP contribution is -2.38. The number of nitrogens with one attached hydrogen (secondary N) is 1. The Morgan fingerprint density at radius 3 is 2.50 bits per heavy atom. The van der Waals surface area contributed by atoms with Gasteiger partial charge in [-0.15, -0.1) is 0 Å². The van der Waals surface area contributed by atoms with Gasteiger partial charge in [-0.2, -0.15) is 0 Å². The second-order valence-electron chi connectivity index (χ2n) is 7.25. The number of benzene rings is 2. The molecule has 0 bridgehead atoms. The summed E-state index contributed by atoms with van der Waals surface area (Å²) in [5.74, 6) is 0.600. The van der Waals surface area contributed by atoms with Gasteiger partial charge in [-0.25, -0.2) is 0 Å².